The lowest BCUT2D eigenvalue weighted by Crippen LogP contribution is -2.39. The van der Waals surface area contributed by atoms with Crippen LogP contribution in [0.2, 0.25) is 0 Å². The van der Waals surface area contributed by atoms with Gasteiger partial charge in [-0.1, -0.05) is 30.9 Å². The van der Waals surface area contributed by atoms with Crippen molar-refractivity contribution >= 4 is 55.9 Å². The number of nitriles is 1. The van der Waals surface area contributed by atoms with Crippen LogP contribution in [0.5, 0.6) is 0 Å². The second kappa shape index (κ2) is 9.47. The van der Waals surface area contributed by atoms with E-state index in [-0.39, 0.29) is 28.5 Å². The number of sulfone groups is 1. The predicted octanol–water partition coefficient (Wildman–Crippen LogP) is 2.67. The van der Waals surface area contributed by atoms with Crippen molar-refractivity contribution in [2.75, 3.05) is 29.5 Å². The predicted molar refractivity (Wildman–Crippen MR) is 139 cm³/mol. The second-order valence-electron chi connectivity index (χ2n) is 9.18. The normalized spacial score (nSPS) is 24.3. The van der Waals surface area contributed by atoms with Gasteiger partial charge in [-0.05, 0) is 50.7 Å². The van der Waals surface area contributed by atoms with Crippen LogP contribution in [-0.2, 0) is 21.2 Å². The Kier molecular flexibility index (Phi) is 6.95. The summed E-state index contributed by atoms with van der Waals surface area (Å²) in [6.45, 7) is 7.80. The average Bonchev–Trinajstić information content (AvgIpc) is 3.28. The summed E-state index contributed by atoms with van der Waals surface area (Å²) in [4.78, 5) is 30.4. The van der Waals surface area contributed by atoms with Gasteiger partial charge in [0.15, 0.2) is 9.84 Å². The maximum atomic E-state index is 13.3. The van der Waals surface area contributed by atoms with Gasteiger partial charge in [0.05, 0.1) is 22.5 Å². The molecule has 3 aliphatic rings. The van der Waals surface area contributed by atoms with Gasteiger partial charge in [0.25, 0.3) is 11.5 Å². The Balaban J connectivity index is 1.82. The van der Waals surface area contributed by atoms with Gasteiger partial charge in [0.2, 0.25) is 0 Å². The molecule has 0 aromatic carbocycles. The summed E-state index contributed by atoms with van der Waals surface area (Å²) >= 11 is 6.60. The first-order valence-corrected chi connectivity index (χ1v) is 14.5. The third kappa shape index (κ3) is 4.43. The maximum absolute atomic E-state index is 13.3. The molecule has 3 fully saturated rings. The molecule has 3 aliphatic heterocycles. The average molecular weight is 521 g/mol. The van der Waals surface area contributed by atoms with Crippen molar-refractivity contribution in [2.24, 2.45) is 5.92 Å². The zero-order valence-corrected chi connectivity index (χ0v) is 22.0. The summed E-state index contributed by atoms with van der Waals surface area (Å²) in [5.41, 5.74) is 0.961. The zero-order valence-electron chi connectivity index (χ0n) is 19.5. The van der Waals surface area contributed by atoms with Gasteiger partial charge in [-0.25, -0.2) is 8.42 Å². The van der Waals surface area contributed by atoms with E-state index in [4.69, 9.17) is 12.2 Å². The van der Waals surface area contributed by atoms with E-state index in [9.17, 15) is 23.3 Å². The Morgan fingerprint density at radius 1 is 1.24 bits per heavy atom. The lowest BCUT2D eigenvalue weighted by atomic mass is 9.97. The number of anilines is 1. The molecule has 1 aromatic rings. The Bertz CT molecular complexity index is 1280. The Morgan fingerprint density at radius 2 is 1.91 bits per heavy atom. The highest BCUT2D eigenvalue weighted by Crippen LogP contribution is 2.38. The molecule has 34 heavy (non-hydrogen) atoms. The zero-order chi connectivity index (χ0) is 24.8. The molecule has 1 unspecified atom stereocenters. The number of aromatic nitrogens is 1. The number of hydrogen-bond acceptors (Lipinski definition) is 8. The molecule has 1 amide bonds. The summed E-state index contributed by atoms with van der Waals surface area (Å²) in [7, 11) is -3.17. The standard InChI is InChI=1S/C23H28N4O4S3/c1-4-26-20(25-8-5-14(2)6-9-25)17(15(3)18(12-24)21(26)28)11-19-22(29)27(23(32)33-19)16-7-10-34(30,31)13-16/h11,14,16H,4-10,13H2,1-3H3. The molecular formula is C23H28N4O4S3. The molecule has 8 nitrogen and oxygen atoms in total. The monoisotopic (exact) mass is 520 g/mol. The smallest absolute Gasteiger partial charge is 0.270 e. The lowest BCUT2D eigenvalue weighted by Gasteiger charge is -2.35. The van der Waals surface area contributed by atoms with Crippen molar-refractivity contribution in [3.63, 3.8) is 0 Å². The van der Waals surface area contributed by atoms with E-state index in [0.717, 1.165) is 43.5 Å². The molecule has 0 aliphatic carbocycles. The molecule has 182 valence electrons. The topological polar surface area (TPSA) is 103 Å². The van der Waals surface area contributed by atoms with Crippen molar-refractivity contribution in [3.8, 4) is 6.07 Å². The number of thiocarbonyl (C=S) groups is 1. The molecule has 4 rings (SSSR count). The largest absolute Gasteiger partial charge is 0.357 e. The third-order valence-electron chi connectivity index (χ3n) is 6.92. The molecule has 1 aromatic heterocycles. The molecule has 0 saturated carbocycles. The third-order valence-corrected chi connectivity index (χ3v) is 10.00. The number of thioether (sulfide) groups is 1. The molecule has 0 bridgehead atoms. The van der Waals surface area contributed by atoms with Crippen LogP contribution in [0.15, 0.2) is 9.70 Å². The highest BCUT2D eigenvalue weighted by molar-refractivity contribution is 8.26. The molecule has 0 N–H and O–H groups in total. The summed E-state index contributed by atoms with van der Waals surface area (Å²) in [6, 6.07) is 1.60. The van der Waals surface area contributed by atoms with E-state index in [1.807, 2.05) is 13.0 Å². The van der Waals surface area contributed by atoms with E-state index in [0.29, 0.717) is 39.2 Å². The molecule has 0 spiro atoms. The first-order chi connectivity index (χ1) is 16.1. The Hall–Kier alpha value is -2.16. The van der Waals surface area contributed by atoms with Crippen LogP contribution >= 0.6 is 24.0 Å². The Morgan fingerprint density at radius 3 is 2.47 bits per heavy atom. The molecular weight excluding hydrogens is 492 g/mol. The minimum Gasteiger partial charge on any atom is -0.357 e. The number of carbonyl (C=O) groups is 1. The van der Waals surface area contributed by atoms with Crippen LogP contribution in [0.1, 0.15) is 49.8 Å². The lowest BCUT2D eigenvalue weighted by molar-refractivity contribution is -0.123. The van der Waals surface area contributed by atoms with Crippen LogP contribution in [-0.4, -0.2) is 58.7 Å². The number of piperidine rings is 1. The molecule has 1 atom stereocenters. The summed E-state index contributed by atoms with van der Waals surface area (Å²) in [5.74, 6) is 0.978. The number of carbonyl (C=O) groups excluding carboxylic acids is 1. The highest BCUT2D eigenvalue weighted by Gasteiger charge is 2.42. The van der Waals surface area contributed by atoms with E-state index >= 15 is 0 Å². The quantitative estimate of drug-likeness (QED) is 0.441. The minimum absolute atomic E-state index is 0.0530. The Labute approximate surface area is 209 Å². The van der Waals surface area contributed by atoms with Crippen LogP contribution in [0.25, 0.3) is 6.08 Å². The van der Waals surface area contributed by atoms with Crippen molar-refractivity contribution in [1.29, 1.82) is 5.26 Å². The van der Waals surface area contributed by atoms with Gasteiger partial charge in [0.1, 0.15) is 21.8 Å². The molecule has 11 heteroatoms. The van der Waals surface area contributed by atoms with Crippen LogP contribution in [0.3, 0.4) is 0 Å². The van der Waals surface area contributed by atoms with Crippen LogP contribution in [0.4, 0.5) is 5.82 Å². The fourth-order valence-corrected chi connectivity index (χ4v) is 7.99. The number of pyridine rings is 1. The van der Waals surface area contributed by atoms with Crippen LogP contribution in [0, 0.1) is 24.2 Å². The van der Waals surface area contributed by atoms with Crippen molar-refractivity contribution in [2.45, 2.75) is 52.6 Å². The number of hydrogen-bond donors (Lipinski definition) is 0. The first kappa shape index (κ1) is 24.9. The fraction of sp³-hybridized carbons (Fsp3) is 0.565. The van der Waals surface area contributed by atoms with E-state index in [1.54, 1.807) is 17.6 Å². The fourth-order valence-electron chi connectivity index (χ4n) is 4.90. The van der Waals surface area contributed by atoms with E-state index in [1.165, 1.54) is 4.90 Å². The van der Waals surface area contributed by atoms with Crippen molar-refractivity contribution < 1.29 is 13.2 Å². The van der Waals surface area contributed by atoms with Crippen molar-refractivity contribution in [1.82, 2.24) is 9.47 Å². The van der Waals surface area contributed by atoms with Crippen LogP contribution < -0.4 is 10.5 Å². The van der Waals surface area contributed by atoms with Gasteiger partial charge in [-0.15, -0.1) is 0 Å². The number of nitrogens with zero attached hydrogens (tertiary/aromatic N) is 4. The maximum Gasteiger partial charge on any atom is 0.270 e. The first-order valence-electron chi connectivity index (χ1n) is 11.5. The van der Waals surface area contributed by atoms with Gasteiger partial charge < -0.3 is 4.90 Å². The second-order valence-corrected chi connectivity index (χ2v) is 13.1. The summed E-state index contributed by atoms with van der Waals surface area (Å²) in [6.07, 6.45) is 4.10. The van der Waals surface area contributed by atoms with E-state index in [2.05, 4.69) is 11.8 Å². The number of rotatable bonds is 4. The molecule has 0 radical (unpaired) electrons. The SMILES string of the molecule is CCn1c(N2CCC(C)CC2)c(C=C2SC(=S)N(C3CCS(=O)(=O)C3)C2=O)c(C)c(C#N)c1=O. The van der Waals surface area contributed by atoms with E-state index < -0.39 is 15.9 Å². The highest BCUT2D eigenvalue weighted by atomic mass is 32.2. The summed E-state index contributed by atoms with van der Waals surface area (Å²) in [5, 5.41) is 9.71. The van der Waals surface area contributed by atoms with Gasteiger partial charge in [-0.2, -0.15) is 5.26 Å². The van der Waals surface area contributed by atoms with Gasteiger partial charge >= 0.3 is 0 Å². The molecule has 3 saturated heterocycles. The number of amides is 1. The molecule has 4 heterocycles. The van der Waals surface area contributed by atoms with Crippen molar-refractivity contribution in [3.05, 3.63) is 31.9 Å². The minimum atomic E-state index is -3.17. The van der Waals surface area contributed by atoms with Gasteiger partial charge in [-0.3, -0.25) is 19.1 Å². The summed E-state index contributed by atoms with van der Waals surface area (Å²) < 4.78 is 25.9. The van der Waals surface area contributed by atoms with Gasteiger partial charge in [0, 0.05) is 25.2 Å².